The van der Waals surface area contributed by atoms with Gasteiger partial charge in [-0.3, -0.25) is 43.3 Å². The fourth-order valence-electron chi connectivity index (χ4n) is 12.2. The number of benzene rings is 1. The van der Waals surface area contributed by atoms with Gasteiger partial charge in [-0.05, 0) is 122 Å². The van der Waals surface area contributed by atoms with Crippen molar-refractivity contribution in [2.75, 3.05) is 26.2 Å². The third-order valence-electron chi connectivity index (χ3n) is 16.4. The highest BCUT2D eigenvalue weighted by Gasteiger charge is 2.60. The average Bonchev–Trinajstić information content (AvgIpc) is 1.76. The number of rotatable bonds is 24. The van der Waals surface area contributed by atoms with Gasteiger partial charge in [0.2, 0.25) is 0 Å². The van der Waals surface area contributed by atoms with Crippen LogP contribution in [-0.4, -0.2) is 264 Å². The maximum atomic E-state index is 15.0. The molecule has 4 heterocycles. The van der Waals surface area contributed by atoms with Gasteiger partial charge in [0.1, 0.15) is 83.3 Å². The zero-order valence-corrected chi connectivity index (χ0v) is 65.3. The Morgan fingerprint density at radius 3 is 1.41 bits per heavy atom. The van der Waals surface area contributed by atoms with Crippen LogP contribution in [0.25, 0.3) is 0 Å². The summed E-state index contributed by atoms with van der Waals surface area (Å²) in [6, 6.07) is -1.03. The first-order valence-electron chi connectivity index (χ1n) is 35.6. The van der Waals surface area contributed by atoms with Crippen molar-refractivity contribution in [3.8, 4) is 0 Å². The predicted molar refractivity (Wildman–Crippen MR) is 372 cm³/mol. The molecule has 6 rings (SSSR count). The molecule has 8 amide bonds. The number of nitrogens with zero attached hydrogens (tertiary/aromatic N) is 1. The molecule has 5 aliphatic rings. The summed E-state index contributed by atoms with van der Waals surface area (Å²) in [5.74, 6) is -8.88. The lowest BCUT2D eigenvalue weighted by Crippen LogP contribution is -2.70. The molecule has 1 aromatic rings. The predicted octanol–water partition coefficient (Wildman–Crippen LogP) is 3.27. The van der Waals surface area contributed by atoms with Gasteiger partial charge in [0.05, 0.1) is 42.0 Å². The molecule has 20 unspecified atom stereocenters. The van der Waals surface area contributed by atoms with Crippen molar-refractivity contribution in [1.82, 2.24) is 36.8 Å². The summed E-state index contributed by atoms with van der Waals surface area (Å²) in [6.07, 6.45) is -35.2. The molecule has 0 aromatic heterocycles. The quantitative estimate of drug-likeness (QED) is 0.0418. The Balaban J connectivity index is 1.61. The maximum Gasteiger partial charge on any atom is 0.408 e. The number of ether oxygens (including phenoxy) is 16. The number of aliphatic hydroxyl groups excluding tert-OH is 2. The molecule has 0 spiro atoms. The van der Waals surface area contributed by atoms with E-state index in [1.54, 1.807) is 74.4 Å². The zero-order chi connectivity index (χ0) is 81.9. The minimum atomic E-state index is -2.21. The monoisotopic (exact) mass is 1550 g/mol. The first kappa shape index (κ1) is 89.1. The lowest BCUT2D eigenvalue weighted by atomic mass is 9.82. The number of alkyl carbamates (subject to hydrolysis) is 5. The zero-order valence-electron chi connectivity index (χ0n) is 65.3. The Hall–Kier alpha value is -8.79. The molecule has 1 aromatic carbocycles. The fraction of sp³-hybridized carbons (Fsp3) is 0.732. The Kier molecular flexibility index (Phi) is 30.1. The molecule has 4 fully saturated rings. The van der Waals surface area contributed by atoms with Crippen LogP contribution in [0.3, 0.4) is 0 Å². The molecule has 0 radical (unpaired) electrons. The van der Waals surface area contributed by atoms with Gasteiger partial charge < -0.3 is 118 Å². The van der Waals surface area contributed by atoms with Crippen LogP contribution < -0.4 is 31.9 Å². The standard InChI is InChI=1S/C71H107N7O31/c1-32-44(30-78-57(87)38-24-22-23-25-39(38)58(78)88)100-59(46(48(32)84)76-65(92)108-70(16,17)18)102-51-41(75-64(91)107-69(13,14)15)28-40(74-56(86)42(95-34(3)80)26-27-72-62(89)105-67(7,8)9)50(96-35(4)81)54(51)104-61-55(98-37(6)83)52(45(101-61)31-94-33(2)79)103-60-47(77-66(93)109-71(19,20)21)53(97-36(5)82)49(85)43(99-60)29-73-63(90)106-68(10,11)12/h22-25,32,40-55,59-61,84-85H,26-31H2,1-21H3,(H,72,89)(H,73,90)(H,74,86)(H,75,91)(H,76,92)(H,77,93). The second-order valence-electron chi connectivity index (χ2n) is 31.7. The van der Waals surface area contributed by atoms with Crippen LogP contribution in [0.5, 0.6) is 0 Å². The van der Waals surface area contributed by atoms with E-state index >= 15 is 0 Å². The third kappa shape index (κ3) is 26.7. The van der Waals surface area contributed by atoms with Crippen LogP contribution in [0, 0.1) is 5.92 Å². The van der Waals surface area contributed by atoms with Crippen molar-refractivity contribution in [2.45, 2.75) is 303 Å². The molecule has 4 aliphatic heterocycles. The summed E-state index contributed by atoms with van der Waals surface area (Å²) >= 11 is 0. The Labute approximate surface area is 631 Å². The summed E-state index contributed by atoms with van der Waals surface area (Å²) in [5, 5.41) is 40.1. The smallest absolute Gasteiger partial charge is 0.408 e. The number of esters is 5. The second-order valence-corrected chi connectivity index (χ2v) is 31.7. The number of imide groups is 1. The lowest BCUT2D eigenvalue weighted by Gasteiger charge is -2.50. The van der Waals surface area contributed by atoms with E-state index in [2.05, 4.69) is 31.9 Å². The van der Waals surface area contributed by atoms with Gasteiger partial charge in [-0.15, -0.1) is 0 Å². The lowest BCUT2D eigenvalue weighted by molar-refractivity contribution is -0.307. The van der Waals surface area contributed by atoms with E-state index in [0.717, 1.165) is 39.5 Å². The van der Waals surface area contributed by atoms with E-state index in [4.69, 9.17) is 75.8 Å². The van der Waals surface area contributed by atoms with Gasteiger partial charge in [-0.2, -0.15) is 0 Å². The SMILES string of the molecule is CC(=O)OCC1OC(OC2C(OC(C)=O)C(NC(=O)C(CCNC(=O)OC(C)(C)C)OC(C)=O)CC(NC(=O)OC(C)(C)C)C2OC2OC(CN3C(=O)c4ccccc4C3=O)C(C)C(O)C2NC(=O)OC(C)(C)C)C(OC(C)=O)C1OC1OC(CNC(=O)OC(C)(C)C)C(O)C(OC(C)=O)C1NC(=O)OC(C)(C)C. The van der Waals surface area contributed by atoms with Crippen molar-refractivity contribution in [1.29, 1.82) is 0 Å². The molecule has 612 valence electrons. The van der Waals surface area contributed by atoms with Crippen LogP contribution in [0.1, 0.15) is 179 Å². The molecule has 1 aliphatic carbocycles. The van der Waals surface area contributed by atoms with Crippen molar-refractivity contribution >= 4 is 78.0 Å². The normalized spacial score (nSPS) is 28.8. The molecule has 8 N–H and O–H groups in total. The molecule has 0 bridgehead atoms. The van der Waals surface area contributed by atoms with Gasteiger partial charge >= 0.3 is 60.3 Å². The largest absolute Gasteiger partial charge is 0.463 e. The molecule has 38 heteroatoms. The molecular formula is C71H107N7O31. The van der Waals surface area contributed by atoms with Crippen LogP contribution in [-0.2, 0) is 105 Å². The average molecular weight is 1550 g/mol. The fourth-order valence-corrected chi connectivity index (χ4v) is 12.2. The highest BCUT2D eigenvalue weighted by Crippen LogP contribution is 2.40. The van der Waals surface area contributed by atoms with E-state index < -0.39 is 261 Å². The number of aliphatic hydroxyl groups is 2. The number of nitrogens with one attached hydrogen (secondary N) is 6. The van der Waals surface area contributed by atoms with Gasteiger partial charge in [-0.25, -0.2) is 24.0 Å². The first-order valence-corrected chi connectivity index (χ1v) is 35.6. The Morgan fingerprint density at radius 1 is 0.477 bits per heavy atom. The number of amides is 8. The van der Waals surface area contributed by atoms with E-state index in [9.17, 15) is 72.5 Å². The van der Waals surface area contributed by atoms with Crippen molar-refractivity contribution in [3.63, 3.8) is 0 Å². The Bertz CT molecular complexity index is 3410. The van der Waals surface area contributed by atoms with Crippen LogP contribution in [0.15, 0.2) is 24.3 Å². The van der Waals surface area contributed by atoms with Crippen molar-refractivity contribution in [3.05, 3.63) is 35.4 Å². The van der Waals surface area contributed by atoms with Crippen LogP contribution >= 0.6 is 0 Å². The summed E-state index contributed by atoms with van der Waals surface area (Å²) in [6.45, 7) is 27.3. The van der Waals surface area contributed by atoms with E-state index in [1.165, 1.54) is 60.6 Å². The minimum Gasteiger partial charge on any atom is -0.463 e. The van der Waals surface area contributed by atoms with Crippen LogP contribution in [0.2, 0.25) is 0 Å². The Morgan fingerprint density at radius 2 is 0.908 bits per heavy atom. The number of hydrogen-bond donors (Lipinski definition) is 8. The summed E-state index contributed by atoms with van der Waals surface area (Å²) < 4.78 is 97.1. The van der Waals surface area contributed by atoms with E-state index in [1.807, 2.05) is 0 Å². The third-order valence-corrected chi connectivity index (χ3v) is 16.4. The summed E-state index contributed by atoms with van der Waals surface area (Å²) in [7, 11) is 0. The van der Waals surface area contributed by atoms with Crippen molar-refractivity contribution in [2.24, 2.45) is 5.92 Å². The van der Waals surface area contributed by atoms with Crippen molar-refractivity contribution < 1.29 is 148 Å². The first-order chi connectivity index (χ1) is 50.3. The van der Waals surface area contributed by atoms with Gasteiger partial charge in [0, 0.05) is 60.0 Å². The minimum absolute atomic E-state index is 0.0519. The second kappa shape index (κ2) is 36.8. The molecule has 20 atom stereocenters. The summed E-state index contributed by atoms with van der Waals surface area (Å²) in [4.78, 5) is 179. The number of carbonyl (C=O) groups is 13. The topological polar surface area (TPSA) is 485 Å². The number of carbonyl (C=O) groups excluding carboxylic acids is 13. The van der Waals surface area contributed by atoms with Gasteiger partial charge in [-0.1, -0.05) is 19.1 Å². The maximum absolute atomic E-state index is 15.0. The van der Waals surface area contributed by atoms with Gasteiger partial charge in [0.25, 0.3) is 17.7 Å². The van der Waals surface area contributed by atoms with Gasteiger partial charge in [0.15, 0.2) is 43.3 Å². The molecule has 109 heavy (non-hydrogen) atoms. The summed E-state index contributed by atoms with van der Waals surface area (Å²) in [5.41, 5.74) is -5.57. The molecular weight excluding hydrogens is 1450 g/mol. The van der Waals surface area contributed by atoms with E-state index in [-0.39, 0.29) is 17.7 Å². The molecule has 1 saturated carbocycles. The molecule has 38 nitrogen and oxygen atoms in total. The highest BCUT2D eigenvalue weighted by molar-refractivity contribution is 6.21. The molecule has 3 saturated heterocycles. The number of fused-ring (bicyclic) bond motifs is 1. The van der Waals surface area contributed by atoms with E-state index in [0.29, 0.717) is 0 Å². The number of hydrogen-bond acceptors (Lipinski definition) is 31. The van der Waals surface area contributed by atoms with Crippen LogP contribution in [0.4, 0.5) is 24.0 Å². The highest BCUT2D eigenvalue weighted by atomic mass is 16.8.